The molecule has 0 amide bonds. The third-order valence-corrected chi connectivity index (χ3v) is 1.42. The number of halogens is 1. The molecule has 0 aliphatic heterocycles. The molecule has 0 unspecified atom stereocenters. The molecule has 0 saturated carbocycles. The van der Waals surface area contributed by atoms with Crippen LogP contribution in [0.5, 0.6) is 11.6 Å². The van der Waals surface area contributed by atoms with E-state index in [9.17, 15) is 0 Å². The molecule has 0 aliphatic rings. The van der Waals surface area contributed by atoms with Crippen LogP contribution in [-0.4, -0.2) is 29.5 Å². The summed E-state index contributed by atoms with van der Waals surface area (Å²) in [5.74, 6) is 0.211. The summed E-state index contributed by atoms with van der Waals surface area (Å²) in [6.45, 7) is 0. The SMILES string of the molecule is COc1ncc(Cl)cc1OB(O)O. The predicted molar refractivity (Wildman–Crippen MR) is 46.6 cm³/mol. The van der Waals surface area contributed by atoms with Crippen molar-refractivity contribution in [2.75, 3.05) is 7.11 Å². The highest BCUT2D eigenvalue weighted by Gasteiger charge is 2.15. The fraction of sp³-hybridized carbons (Fsp3) is 0.167. The van der Waals surface area contributed by atoms with Crippen molar-refractivity contribution in [3.05, 3.63) is 17.3 Å². The van der Waals surface area contributed by atoms with Gasteiger partial charge in [-0.15, -0.1) is 0 Å². The maximum atomic E-state index is 8.52. The second kappa shape index (κ2) is 4.31. The van der Waals surface area contributed by atoms with E-state index in [1.165, 1.54) is 19.4 Å². The molecular formula is C6H7BClNO4. The van der Waals surface area contributed by atoms with Gasteiger partial charge >= 0.3 is 7.32 Å². The smallest absolute Gasteiger partial charge is 0.508 e. The summed E-state index contributed by atoms with van der Waals surface area (Å²) >= 11 is 5.60. The zero-order valence-electron chi connectivity index (χ0n) is 6.77. The Labute approximate surface area is 80.1 Å². The van der Waals surface area contributed by atoms with Crippen molar-refractivity contribution in [1.29, 1.82) is 0 Å². The van der Waals surface area contributed by atoms with E-state index >= 15 is 0 Å². The Bertz CT molecular complexity index is 296. The molecule has 70 valence electrons. The van der Waals surface area contributed by atoms with Gasteiger partial charge in [-0.3, -0.25) is 0 Å². The first-order valence-corrected chi connectivity index (χ1v) is 3.73. The summed E-state index contributed by atoms with van der Waals surface area (Å²) in [5.41, 5.74) is 0. The van der Waals surface area contributed by atoms with Crippen molar-refractivity contribution in [3.8, 4) is 11.6 Å². The van der Waals surface area contributed by atoms with E-state index in [1.807, 2.05) is 0 Å². The maximum Gasteiger partial charge on any atom is 0.707 e. The molecule has 0 bridgehead atoms. The first kappa shape index (κ1) is 10.1. The Balaban J connectivity index is 2.94. The average Bonchev–Trinajstić information content (AvgIpc) is 2.03. The van der Waals surface area contributed by atoms with Gasteiger partial charge in [0.15, 0.2) is 5.75 Å². The van der Waals surface area contributed by atoms with Gasteiger partial charge in [0.2, 0.25) is 0 Å². The molecule has 1 heterocycles. The standard InChI is InChI=1S/C6H7BClNO4/c1-12-6-5(13-7(10)11)2-4(8)3-9-6/h2-3,10-11H,1H3. The average molecular weight is 203 g/mol. The summed E-state index contributed by atoms with van der Waals surface area (Å²) in [6, 6.07) is 1.37. The molecule has 1 aromatic rings. The minimum absolute atomic E-state index is 0.0741. The van der Waals surface area contributed by atoms with Crippen LogP contribution in [0.2, 0.25) is 5.02 Å². The monoisotopic (exact) mass is 203 g/mol. The van der Waals surface area contributed by atoms with Crippen molar-refractivity contribution in [2.45, 2.75) is 0 Å². The van der Waals surface area contributed by atoms with Crippen LogP contribution in [0.3, 0.4) is 0 Å². The molecule has 13 heavy (non-hydrogen) atoms. The molecule has 0 aromatic carbocycles. The maximum absolute atomic E-state index is 8.52. The lowest BCUT2D eigenvalue weighted by Crippen LogP contribution is -2.21. The van der Waals surface area contributed by atoms with Crippen LogP contribution < -0.4 is 9.39 Å². The minimum Gasteiger partial charge on any atom is -0.508 e. The number of methoxy groups -OCH3 is 1. The third-order valence-electron chi connectivity index (χ3n) is 1.21. The molecular weight excluding hydrogens is 196 g/mol. The van der Waals surface area contributed by atoms with Gasteiger partial charge in [0.05, 0.1) is 12.1 Å². The number of pyridine rings is 1. The van der Waals surface area contributed by atoms with Gasteiger partial charge in [-0.05, 0) is 0 Å². The van der Waals surface area contributed by atoms with E-state index in [0.717, 1.165) is 0 Å². The van der Waals surface area contributed by atoms with Crippen molar-refractivity contribution >= 4 is 18.9 Å². The van der Waals surface area contributed by atoms with Crippen LogP contribution >= 0.6 is 11.6 Å². The number of ether oxygens (including phenoxy) is 1. The van der Waals surface area contributed by atoms with Crippen LogP contribution in [-0.2, 0) is 0 Å². The van der Waals surface area contributed by atoms with Crippen LogP contribution in [0, 0.1) is 0 Å². The Morgan fingerprint density at radius 1 is 1.54 bits per heavy atom. The molecule has 0 fully saturated rings. The second-order valence-electron chi connectivity index (χ2n) is 2.11. The normalized spacial score (nSPS) is 9.54. The lowest BCUT2D eigenvalue weighted by molar-refractivity contribution is 0.277. The molecule has 0 spiro atoms. The second-order valence-corrected chi connectivity index (χ2v) is 2.54. The highest BCUT2D eigenvalue weighted by Crippen LogP contribution is 2.26. The van der Waals surface area contributed by atoms with Crippen molar-refractivity contribution in [3.63, 3.8) is 0 Å². The van der Waals surface area contributed by atoms with E-state index in [1.54, 1.807) is 0 Å². The van der Waals surface area contributed by atoms with Crippen LogP contribution in [0.25, 0.3) is 0 Å². The van der Waals surface area contributed by atoms with Gasteiger partial charge in [0.1, 0.15) is 0 Å². The fourth-order valence-electron chi connectivity index (χ4n) is 0.759. The molecule has 7 heteroatoms. The van der Waals surface area contributed by atoms with E-state index in [2.05, 4.69) is 9.64 Å². The van der Waals surface area contributed by atoms with Crippen molar-refractivity contribution in [1.82, 2.24) is 4.98 Å². The molecule has 0 saturated heterocycles. The Hall–Kier alpha value is -0.975. The van der Waals surface area contributed by atoms with Crippen LogP contribution in [0.15, 0.2) is 12.3 Å². The van der Waals surface area contributed by atoms with Gasteiger partial charge in [0, 0.05) is 12.3 Å². The Kier molecular flexibility index (Phi) is 3.35. The zero-order chi connectivity index (χ0) is 9.84. The molecule has 1 rings (SSSR count). The summed E-state index contributed by atoms with van der Waals surface area (Å²) in [7, 11) is -0.540. The molecule has 0 atom stereocenters. The first-order valence-electron chi connectivity index (χ1n) is 3.36. The van der Waals surface area contributed by atoms with Gasteiger partial charge in [0.25, 0.3) is 5.88 Å². The highest BCUT2D eigenvalue weighted by molar-refractivity contribution is 6.34. The van der Waals surface area contributed by atoms with Crippen LogP contribution in [0.1, 0.15) is 0 Å². The van der Waals surface area contributed by atoms with Gasteiger partial charge in [-0.1, -0.05) is 11.6 Å². The van der Waals surface area contributed by atoms with E-state index in [0.29, 0.717) is 5.02 Å². The molecule has 2 N–H and O–H groups in total. The van der Waals surface area contributed by atoms with Crippen LogP contribution in [0.4, 0.5) is 0 Å². The van der Waals surface area contributed by atoms with E-state index < -0.39 is 7.32 Å². The lowest BCUT2D eigenvalue weighted by atomic mass is 10.2. The molecule has 0 aliphatic carbocycles. The number of rotatable bonds is 3. The van der Waals surface area contributed by atoms with E-state index in [4.69, 9.17) is 26.4 Å². The summed E-state index contributed by atoms with van der Waals surface area (Å²) in [4.78, 5) is 3.75. The summed E-state index contributed by atoms with van der Waals surface area (Å²) < 4.78 is 9.34. The largest absolute Gasteiger partial charge is 0.707 e. The van der Waals surface area contributed by atoms with Crippen molar-refractivity contribution < 1.29 is 19.4 Å². The Morgan fingerprint density at radius 3 is 2.77 bits per heavy atom. The van der Waals surface area contributed by atoms with Gasteiger partial charge < -0.3 is 19.4 Å². The summed E-state index contributed by atoms with van der Waals surface area (Å²) in [5, 5.41) is 17.4. The third kappa shape index (κ3) is 2.76. The van der Waals surface area contributed by atoms with Crippen molar-refractivity contribution in [2.24, 2.45) is 0 Å². The lowest BCUT2D eigenvalue weighted by Gasteiger charge is -2.08. The quantitative estimate of drug-likeness (QED) is 0.681. The number of aromatic nitrogens is 1. The number of hydrogen-bond acceptors (Lipinski definition) is 5. The Morgan fingerprint density at radius 2 is 2.23 bits per heavy atom. The topological polar surface area (TPSA) is 71.8 Å². The predicted octanol–water partition coefficient (Wildman–Crippen LogP) is 0.0919. The number of nitrogens with zero attached hydrogens (tertiary/aromatic N) is 1. The van der Waals surface area contributed by atoms with E-state index in [-0.39, 0.29) is 11.6 Å². The zero-order valence-corrected chi connectivity index (χ0v) is 7.52. The molecule has 0 radical (unpaired) electrons. The summed E-state index contributed by atoms with van der Waals surface area (Å²) in [6.07, 6.45) is 1.36. The minimum atomic E-state index is -1.92. The highest BCUT2D eigenvalue weighted by atomic mass is 35.5. The fourth-order valence-corrected chi connectivity index (χ4v) is 0.907. The molecule has 5 nitrogen and oxygen atoms in total. The van der Waals surface area contributed by atoms with Gasteiger partial charge in [-0.2, -0.15) is 0 Å². The molecule has 1 aromatic heterocycles. The first-order chi connectivity index (χ1) is 6.13. The van der Waals surface area contributed by atoms with Gasteiger partial charge in [-0.25, -0.2) is 4.98 Å². The number of hydrogen-bond donors (Lipinski definition) is 2.